The smallest absolute Gasteiger partial charge is 0.313 e. The average molecular weight is 310 g/mol. The first-order valence-corrected chi connectivity index (χ1v) is 7.81. The van der Waals surface area contributed by atoms with Gasteiger partial charge in [-0.15, -0.1) is 0 Å². The van der Waals surface area contributed by atoms with E-state index in [1.54, 1.807) is 6.07 Å². The van der Waals surface area contributed by atoms with E-state index in [0.717, 1.165) is 11.9 Å². The van der Waals surface area contributed by atoms with Gasteiger partial charge in [0.1, 0.15) is 5.82 Å². The van der Waals surface area contributed by atoms with Gasteiger partial charge in [0.15, 0.2) is 5.16 Å². The molecule has 0 spiro atoms. The maximum Gasteiger partial charge on any atom is 0.313 e. The minimum atomic E-state index is -0.889. The number of benzene rings is 1. The second-order valence-electron chi connectivity index (χ2n) is 5.81. The van der Waals surface area contributed by atoms with E-state index >= 15 is 0 Å². The molecule has 114 valence electrons. The van der Waals surface area contributed by atoms with Gasteiger partial charge in [-0.25, -0.2) is 9.37 Å². The van der Waals surface area contributed by atoms with Gasteiger partial charge >= 0.3 is 5.97 Å². The minimum Gasteiger partial charge on any atom is -0.481 e. The Morgan fingerprint density at radius 2 is 2.19 bits per heavy atom. The van der Waals surface area contributed by atoms with Crippen LogP contribution in [0.4, 0.5) is 4.39 Å². The zero-order valence-corrected chi connectivity index (χ0v) is 13.2. The Morgan fingerprint density at radius 1 is 1.48 bits per heavy atom. The lowest BCUT2D eigenvalue weighted by Gasteiger charge is -2.24. The summed E-state index contributed by atoms with van der Waals surface area (Å²) in [6, 6.07) is 4.49. The molecule has 1 N–H and O–H groups in total. The molecule has 0 bridgehead atoms. The van der Waals surface area contributed by atoms with E-state index in [-0.39, 0.29) is 17.0 Å². The number of halogens is 1. The summed E-state index contributed by atoms with van der Waals surface area (Å²) in [5, 5.41) is 9.47. The van der Waals surface area contributed by atoms with Gasteiger partial charge in [-0.3, -0.25) is 4.79 Å². The number of fused-ring (bicyclic) bond motifs is 1. The summed E-state index contributed by atoms with van der Waals surface area (Å²) in [5.41, 5.74) is 1.46. The minimum absolute atomic E-state index is 0.0561. The Morgan fingerprint density at radius 3 is 2.81 bits per heavy atom. The number of thioether (sulfide) groups is 1. The highest BCUT2D eigenvalue weighted by Gasteiger charge is 2.21. The van der Waals surface area contributed by atoms with Crippen LogP contribution in [0.2, 0.25) is 0 Å². The van der Waals surface area contributed by atoms with Crippen LogP contribution >= 0.6 is 11.8 Å². The molecule has 4 nitrogen and oxygen atoms in total. The van der Waals surface area contributed by atoms with Crippen molar-refractivity contribution in [3.8, 4) is 0 Å². The molecule has 21 heavy (non-hydrogen) atoms. The van der Waals surface area contributed by atoms with Crippen LogP contribution in [0.5, 0.6) is 0 Å². The standard InChI is InChI=1S/C15H19FN2O2S/c1-4-15(2,3)9-18-12-6-5-10(16)7-11(12)17-14(18)21-8-13(19)20/h5-7H,4,8-9H2,1-3H3,(H,19,20). The molecule has 0 fully saturated rings. The highest BCUT2D eigenvalue weighted by molar-refractivity contribution is 7.99. The number of rotatable bonds is 6. The van der Waals surface area contributed by atoms with E-state index in [0.29, 0.717) is 17.2 Å². The van der Waals surface area contributed by atoms with E-state index in [2.05, 4.69) is 25.8 Å². The van der Waals surface area contributed by atoms with Gasteiger partial charge in [0, 0.05) is 12.6 Å². The quantitative estimate of drug-likeness (QED) is 0.825. The largest absolute Gasteiger partial charge is 0.481 e. The highest BCUT2D eigenvalue weighted by Crippen LogP contribution is 2.30. The van der Waals surface area contributed by atoms with Crippen molar-refractivity contribution in [2.45, 2.75) is 38.9 Å². The van der Waals surface area contributed by atoms with Crippen LogP contribution in [0.15, 0.2) is 23.4 Å². The van der Waals surface area contributed by atoms with Crippen molar-refractivity contribution in [2.75, 3.05) is 5.75 Å². The summed E-state index contributed by atoms with van der Waals surface area (Å²) in [6.45, 7) is 7.12. The zero-order chi connectivity index (χ0) is 15.6. The fraction of sp³-hybridized carbons (Fsp3) is 0.467. The van der Waals surface area contributed by atoms with Crippen molar-refractivity contribution in [3.63, 3.8) is 0 Å². The first-order valence-electron chi connectivity index (χ1n) is 6.83. The van der Waals surface area contributed by atoms with Gasteiger partial charge in [0.25, 0.3) is 0 Å². The van der Waals surface area contributed by atoms with Crippen LogP contribution in [0.3, 0.4) is 0 Å². The molecule has 1 aromatic carbocycles. The maximum atomic E-state index is 13.3. The normalized spacial score (nSPS) is 12.0. The fourth-order valence-electron chi connectivity index (χ4n) is 2.01. The van der Waals surface area contributed by atoms with E-state index < -0.39 is 5.97 Å². The van der Waals surface area contributed by atoms with Crippen molar-refractivity contribution < 1.29 is 14.3 Å². The van der Waals surface area contributed by atoms with Crippen molar-refractivity contribution in [2.24, 2.45) is 5.41 Å². The Hall–Kier alpha value is -1.56. The summed E-state index contributed by atoms with van der Waals surface area (Å²) in [5.74, 6) is -1.28. The van der Waals surface area contributed by atoms with Crippen LogP contribution in [0, 0.1) is 11.2 Å². The Kier molecular flexibility index (Phi) is 4.56. The molecule has 0 saturated heterocycles. The second-order valence-corrected chi connectivity index (χ2v) is 6.76. The van der Waals surface area contributed by atoms with Crippen LogP contribution in [0.25, 0.3) is 11.0 Å². The molecule has 1 aromatic heterocycles. The van der Waals surface area contributed by atoms with Crippen molar-refractivity contribution in [1.29, 1.82) is 0 Å². The Labute approximate surface area is 127 Å². The monoisotopic (exact) mass is 310 g/mol. The number of carbonyl (C=O) groups is 1. The molecule has 1 heterocycles. The summed E-state index contributed by atoms with van der Waals surface area (Å²) in [6.07, 6.45) is 0.983. The Bertz CT molecular complexity index is 667. The van der Waals surface area contributed by atoms with Crippen LogP contribution < -0.4 is 0 Å². The zero-order valence-electron chi connectivity index (χ0n) is 12.4. The van der Waals surface area contributed by atoms with E-state index in [1.165, 1.54) is 23.9 Å². The molecule has 0 aliphatic rings. The van der Waals surface area contributed by atoms with Gasteiger partial charge in [-0.05, 0) is 24.0 Å². The highest BCUT2D eigenvalue weighted by atomic mass is 32.2. The van der Waals surface area contributed by atoms with E-state index in [1.807, 2.05) is 4.57 Å². The third-order valence-electron chi connectivity index (χ3n) is 3.54. The molecule has 0 aliphatic carbocycles. The number of carboxylic acids is 1. The third-order valence-corrected chi connectivity index (χ3v) is 4.50. The Balaban J connectivity index is 2.46. The summed E-state index contributed by atoms with van der Waals surface area (Å²) >= 11 is 1.17. The predicted molar refractivity (Wildman–Crippen MR) is 82.1 cm³/mol. The first kappa shape index (κ1) is 15.8. The van der Waals surface area contributed by atoms with Crippen molar-refractivity contribution in [1.82, 2.24) is 9.55 Å². The van der Waals surface area contributed by atoms with Gasteiger partial charge in [-0.2, -0.15) is 0 Å². The number of imidazole rings is 1. The molecule has 0 amide bonds. The molecule has 0 radical (unpaired) electrons. The maximum absolute atomic E-state index is 13.3. The number of aromatic nitrogens is 2. The third kappa shape index (κ3) is 3.75. The number of carboxylic acid groups (broad SMARTS) is 1. The van der Waals surface area contributed by atoms with Gasteiger partial charge in [0.2, 0.25) is 0 Å². The lowest BCUT2D eigenvalue weighted by molar-refractivity contribution is -0.133. The van der Waals surface area contributed by atoms with Crippen LogP contribution in [-0.2, 0) is 11.3 Å². The molecule has 2 rings (SSSR count). The van der Waals surface area contributed by atoms with Crippen LogP contribution in [-0.4, -0.2) is 26.4 Å². The molecule has 0 atom stereocenters. The molecular formula is C15H19FN2O2S. The van der Waals surface area contributed by atoms with Gasteiger partial charge in [0.05, 0.1) is 16.8 Å². The molecule has 0 unspecified atom stereocenters. The van der Waals surface area contributed by atoms with E-state index in [9.17, 15) is 9.18 Å². The molecular weight excluding hydrogens is 291 g/mol. The number of hydrogen-bond donors (Lipinski definition) is 1. The lowest BCUT2D eigenvalue weighted by Crippen LogP contribution is -2.19. The average Bonchev–Trinajstić information content (AvgIpc) is 2.73. The lowest BCUT2D eigenvalue weighted by atomic mass is 9.90. The fourth-order valence-corrected chi connectivity index (χ4v) is 2.74. The van der Waals surface area contributed by atoms with Gasteiger partial charge in [-0.1, -0.05) is 32.5 Å². The van der Waals surface area contributed by atoms with Crippen molar-refractivity contribution >= 4 is 28.8 Å². The molecule has 0 aliphatic heterocycles. The summed E-state index contributed by atoms with van der Waals surface area (Å²) in [4.78, 5) is 15.2. The molecule has 6 heteroatoms. The van der Waals surface area contributed by atoms with Crippen LogP contribution in [0.1, 0.15) is 27.2 Å². The summed E-state index contributed by atoms with van der Waals surface area (Å²) < 4.78 is 15.3. The van der Waals surface area contributed by atoms with Crippen molar-refractivity contribution in [3.05, 3.63) is 24.0 Å². The van der Waals surface area contributed by atoms with Gasteiger partial charge < -0.3 is 9.67 Å². The number of nitrogens with zero attached hydrogens (tertiary/aromatic N) is 2. The molecule has 2 aromatic rings. The van der Waals surface area contributed by atoms with E-state index in [4.69, 9.17) is 5.11 Å². The topological polar surface area (TPSA) is 55.1 Å². The summed E-state index contributed by atoms with van der Waals surface area (Å²) in [7, 11) is 0. The molecule has 0 saturated carbocycles. The number of aliphatic carboxylic acids is 1. The SMILES string of the molecule is CCC(C)(C)Cn1c(SCC(=O)O)nc2cc(F)ccc21. The number of hydrogen-bond acceptors (Lipinski definition) is 3. The second kappa shape index (κ2) is 6.05. The predicted octanol–water partition coefficient (Wildman–Crippen LogP) is 3.79. The first-order chi connectivity index (χ1) is 9.82.